The Bertz CT molecular complexity index is 1620. The number of hydroxylamine groups is 1. The summed E-state index contributed by atoms with van der Waals surface area (Å²) in [5.41, 5.74) is 12.3. The largest absolute Gasteiger partial charge is 0.382 e. The Morgan fingerprint density at radius 3 is 2.37 bits per heavy atom. The fraction of sp³-hybridized carbons (Fsp3) is 0.308. The van der Waals surface area contributed by atoms with E-state index < -0.39 is 15.9 Å². The highest BCUT2D eigenvalue weighted by Gasteiger charge is 2.45. The number of nitrogens with one attached hydrogen (secondary N) is 1. The zero-order valence-electron chi connectivity index (χ0n) is 20.7. The molecule has 38 heavy (non-hydrogen) atoms. The molecule has 0 spiro atoms. The maximum absolute atomic E-state index is 12.9. The fourth-order valence-corrected chi connectivity index (χ4v) is 7.06. The van der Waals surface area contributed by atoms with E-state index in [0.717, 1.165) is 35.9 Å². The molecule has 2 fully saturated rings. The molecule has 3 aromatic heterocycles. The molecular weight excluding hydrogens is 506 g/mol. The number of nitrogens with zero attached hydrogens (tertiary/aromatic N) is 5. The van der Waals surface area contributed by atoms with Crippen LogP contribution in [-0.2, 0) is 9.84 Å². The third kappa shape index (κ3) is 3.96. The van der Waals surface area contributed by atoms with Crippen LogP contribution in [0.1, 0.15) is 37.3 Å². The van der Waals surface area contributed by atoms with Crippen LogP contribution in [0, 0.1) is 0 Å². The van der Waals surface area contributed by atoms with Crippen LogP contribution in [0.2, 0.25) is 0 Å². The number of hydrogen-bond acceptors (Lipinski definition) is 8. The Morgan fingerprint density at radius 1 is 1.05 bits per heavy atom. The normalized spacial score (nSPS) is 21.1. The summed E-state index contributed by atoms with van der Waals surface area (Å²) in [4.78, 5) is 23.3. The van der Waals surface area contributed by atoms with Crippen LogP contribution in [0.25, 0.3) is 28.0 Å². The van der Waals surface area contributed by atoms with Crippen LogP contribution in [0.3, 0.4) is 0 Å². The van der Waals surface area contributed by atoms with Crippen molar-refractivity contribution in [1.29, 1.82) is 0 Å². The van der Waals surface area contributed by atoms with E-state index in [2.05, 4.69) is 10.1 Å². The molecule has 1 unspecified atom stereocenters. The Balaban J connectivity index is 1.44. The van der Waals surface area contributed by atoms with Gasteiger partial charge in [0, 0.05) is 47.1 Å². The summed E-state index contributed by atoms with van der Waals surface area (Å²) in [6.45, 7) is 0. The van der Waals surface area contributed by atoms with Gasteiger partial charge in [0.25, 0.3) is 0 Å². The zero-order chi connectivity index (χ0) is 26.6. The first-order valence-corrected chi connectivity index (χ1v) is 14.3. The average molecular weight is 534 g/mol. The van der Waals surface area contributed by atoms with Gasteiger partial charge in [-0.25, -0.2) is 23.7 Å². The molecular formula is C26H27N7O4S. The van der Waals surface area contributed by atoms with E-state index in [1.165, 1.54) is 4.52 Å². The number of hydrogen-bond donors (Lipinski definition) is 3. The third-order valence-electron chi connectivity index (χ3n) is 7.63. The van der Waals surface area contributed by atoms with Crippen molar-refractivity contribution in [2.75, 3.05) is 12.0 Å². The molecule has 0 radical (unpaired) electrons. The van der Waals surface area contributed by atoms with Crippen LogP contribution < -0.4 is 11.2 Å². The van der Waals surface area contributed by atoms with Crippen LogP contribution in [0.4, 0.5) is 10.6 Å². The molecule has 2 aliphatic heterocycles. The number of rotatable bonds is 4. The van der Waals surface area contributed by atoms with Crippen molar-refractivity contribution in [3.63, 3.8) is 0 Å². The van der Waals surface area contributed by atoms with Crippen molar-refractivity contribution in [3.05, 3.63) is 60.6 Å². The van der Waals surface area contributed by atoms with Gasteiger partial charge in [0.05, 0.1) is 17.6 Å². The number of aromatic nitrogens is 4. The number of piperidine rings is 1. The lowest BCUT2D eigenvalue weighted by molar-refractivity contribution is 0.0929. The Morgan fingerprint density at radius 2 is 1.76 bits per heavy atom. The van der Waals surface area contributed by atoms with Gasteiger partial charge < -0.3 is 10.6 Å². The minimum absolute atomic E-state index is 0.00972. The van der Waals surface area contributed by atoms with Crippen molar-refractivity contribution in [2.45, 2.75) is 48.6 Å². The highest BCUT2D eigenvalue weighted by molar-refractivity contribution is 7.91. The third-order valence-corrected chi connectivity index (χ3v) is 8.79. The van der Waals surface area contributed by atoms with E-state index in [0.29, 0.717) is 29.7 Å². The number of nitrogen functional groups attached to an aromatic ring is 1. The molecule has 0 saturated carbocycles. The molecule has 2 saturated heterocycles. The topological polar surface area (TPSA) is 156 Å². The van der Waals surface area contributed by atoms with Crippen LogP contribution in [0.15, 0.2) is 59.8 Å². The maximum atomic E-state index is 12.9. The summed E-state index contributed by atoms with van der Waals surface area (Å²) in [7, 11) is -3.74. The van der Waals surface area contributed by atoms with Gasteiger partial charge in [-0.2, -0.15) is 9.61 Å². The number of fused-ring (bicyclic) bond motifs is 3. The van der Waals surface area contributed by atoms with Gasteiger partial charge in [-0.05, 0) is 31.7 Å². The number of sulfone groups is 1. The molecule has 2 aliphatic rings. The summed E-state index contributed by atoms with van der Waals surface area (Å²) in [6, 6.07) is 12.9. The summed E-state index contributed by atoms with van der Waals surface area (Å²) >= 11 is 0. The van der Waals surface area contributed by atoms with Crippen molar-refractivity contribution in [3.8, 4) is 22.4 Å². The summed E-state index contributed by atoms with van der Waals surface area (Å²) in [6.07, 6.45) is 7.07. The van der Waals surface area contributed by atoms with Crippen LogP contribution in [0.5, 0.6) is 0 Å². The first kappa shape index (κ1) is 24.3. The number of amides is 2. The second-order valence-corrected chi connectivity index (χ2v) is 11.9. The number of pyridine rings is 1. The van der Waals surface area contributed by atoms with Crippen molar-refractivity contribution in [2.24, 2.45) is 0 Å². The summed E-state index contributed by atoms with van der Waals surface area (Å²) in [5.74, 6) is -0.218. The smallest absolute Gasteiger partial charge is 0.341 e. The quantitative estimate of drug-likeness (QED) is 0.267. The number of urea groups is 1. The molecule has 11 nitrogen and oxygen atoms in total. The highest BCUT2D eigenvalue weighted by Crippen LogP contribution is 2.45. The molecule has 0 aliphatic carbocycles. The number of carbonyl (C=O) groups is 1. The second-order valence-electron chi connectivity index (χ2n) is 9.95. The lowest BCUT2D eigenvalue weighted by Crippen LogP contribution is -2.49. The molecule has 2 bridgehead atoms. The molecule has 3 atom stereocenters. The number of anilines is 1. The van der Waals surface area contributed by atoms with Crippen molar-refractivity contribution in [1.82, 2.24) is 30.0 Å². The van der Waals surface area contributed by atoms with E-state index in [1.54, 1.807) is 22.8 Å². The Labute approximate surface area is 219 Å². The van der Waals surface area contributed by atoms with Crippen molar-refractivity contribution >= 4 is 27.3 Å². The van der Waals surface area contributed by atoms with E-state index in [-0.39, 0.29) is 28.7 Å². The molecule has 4 N–H and O–H groups in total. The minimum atomic E-state index is -3.74. The first-order chi connectivity index (χ1) is 18.3. The van der Waals surface area contributed by atoms with Gasteiger partial charge in [-0.15, -0.1) is 0 Å². The predicted octanol–water partition coefficient (Wildman–Crippen LogP) is 3.25. The van der Waals surface area contributed by atoms with Gasteiger partial charge >= 0.3 is 6.03 Å². The van der Waals surface area contributed by atoms with E-state index in [4.69, 9.17) is 10.7 Å². The van der Waals surface area contributed by atoms with Crippen LogP contribution >= 0.6 is 0 Å². The lowest BCUT2D eigenvalue weighted by atomic mass is 9.88. The lowest BCUT2D eigenvalue weighted by Gasteiger charge is -2.38. The monoisotopic (exact) mass is 533 g/mol. The highest BCUT2D eigenvalue weighted by atomic mass is 32.2. The van der Waals surface area contributed by atoms with Gasteiger partial charge in [0.1, 0.15) is 10.7 Å². The predicted molar refractivity (Wildman–Crippen MR) is 140 cm³/mol. The molecule has 2 amide bonds. The average Bonchev–Trinajstić information content (AvgIpc) is 3.46. The standard InChI is InChI=1S/C26H27N7O4S/c1-38(36,37)23-22(17-11-18-8-9-19(12-17)32(18)26(34)31-35)30-25-20(14-29-33(25)24(23)27)16-7-10-21(28-13-16)15-5-3-2-4-6-15/h2-7,10,13-14,17-19,35H,8-9,11-12,27H2,1H3,(H,31,34)/t17?,18-,19+. The van der Waals surface area contributed by atoms with E-state index in [9.17, 15) is 18.4 Å². The molecule has 196 valence electrons. The Hall–Kier alpha value is -4.03. The summed E-state index contributed by atoms with van der Waals surface area (Å²) < 4.78 is 27.2. The van der Waals surface area contributed by atoms with Gasteiger partial charge in [-0.3, -0.25) is 10.2 Å². The van der Waals surface area contributed by atoms with E-state index >= 15 is 0 Å². The van der Waals surface area contributed by atoms with E-state index in [1.807, 2.05) is 42.5 Å². The molecule has 6 rings (SSSR count). The fourth-order valence-electron chi connectivity index (χ4n) is 6.00. The zero-order valence-corrected chi connectivity index (χ0v) is 21.5. The summed E-state index contributed by atoms with van der Waals surface area (Å²) in [5, 5.41) is 13.5. The van der Waals surface area contributed by atoms with Crippen LogP contribution in [-0.4, -0.2) is 62.5 Å². The molecule has 5 heterocycles. The van der Waals surface area contributed by atoms with Gasteiger partial charge in [0.15, 0.2) is 15.5 Å². The first-order valence-electron chi connectivity index (χ1n) is 12.4. The molecule has 1 aromatic carbocycles. The number of benzene rings is 1. The Kier molecular flexibility index (Phi) is 5.80. The van der Waals surface area contributed by atoms with Crippen molar-refractivity contribution < 1.29 is 18.4 Å². The molecule has 4 aromatic rings. The molecule has 12 heteroatoms. The SMILES string of the molecule is CS(=O)(=O)c1c(C2C[C@H]3CC[C@@H](C2)N3C(=O)NO)nc2c(-c3ccc(-c4ccccc4)nc3)cnn2c1N. The van der Waals surface area contributed by atoms with Gasteiger partial charge in [-0.1, -0.05) is 36.4 Å². The second kappa shape index (κ2) is 9.07. The number of carbonyl (C=O) groups excluding carboxylic acids is 1. The number of nitrogens with two attached hydrogens (primary N) is 1. The maximum Gasteiger partial charge on any atom is 0.341 e. The van der Waals surface area contributed by atoms with Gasteiger partial charge in [0.2, 0.25) is 0 Å². The minimum Gasteiger partial charge on any atom is -0.382 e.